The number of piperidine rings is 1. The number of rotatable bonds is 5. The molecule has 0 bridgehead atoms. The molecule has 3 heterocycles. The summed E-state index contributed by atoms with van der Waals surface area (Å²) in [5, 5.41) is 4.44. The molecule has 0 spiro atoms. The van der Waals surface area contributed by atoms with E-state index in [9.17, 15) is 4.79 Å². The SMILES string of the molecule is CCn1c([C@H]2CCCN(c3nc(OC)nc(OC)n3)C2)nn(C)c1=O. The molecule has 1 aliphatic heterocycles. The predicted molar refractivity (Wildman–Crippen MR) is 90.3 cm³/mol. The molecule has 0 unspecified atom stereocenters. The van der Waals surface area contributed by atoms with Crippen LogP contribution in [0.15, 0.2) is 4.79 Å². The monoisotopic (exact) mass is 349 g/mol. The molecule has 0 radical (unpaired) electrons. The van der Waals surface area contributed by atoms with E-state index in [4.69, 9.17) is 9.47 Å². The third-order valence-electron chi connectivity index (χ3n) is 4.37. The second kappa shape index (κ2) is 7.08. The molecule has 1 atom stereocenters. The van der Waals surface area contributed by atoms with Crippen molar-refractivity contribution >= 4 is 5.95 Å². The van der Waals surface area contributed by atoms with Crippen molar-refractivity contribution in [3.05, 3.63) is 16.3 Å². The molecule has 0 aliphatic carbocycles. The smallest absolute Gasteiger partial charge is 0.345 e. The molecule has 0 N–H and O–H groups in total. The molecule has 2 aromatic heterocycles. The number of methoxy groups -OCH3 is 2. The van der Waals surface area contributed by atoms with Crippen LogP contribution < -0.4 is 20.1 Å². The van der Waals surface area contributed by atoms with E-state index in [0.717, 1.165) is 25.2 Å². The fourth-order valence-electron chi connectivity index (χ4n) is 3.14. The van der Waals surface area contributed by atoms with E-state index in [-0.39, 0.29) is 23.6 Å². The topological polar surface area (TPSA) is 100 Å². The number of nitrogens with zero attached hydrogens (tertiary/aromatic N) is 7. The Morgan fingerprint density at radius 1 is 1.16 bits per heavy atom. The van der Waals surface area contributed by atoms with Gasteiger partial charge in [-0.25, -0.2) is 9.48 Å². The van der Waals surface area contributed by atoms with Crippen molar-refractivity contribution in [1.82, 2.24) is 29.3 Å². The van der Waals surface area contributed by atoms with Crippen molar-refractivity contribution in [2.75, 3.05) is 32.2 Å². The second-order valence-electron chi connectivity index (χ2n) is 5.90. The molecule has 3 rings (SSSR count). The average molecular weight is 349 g/mol. The van der Waals surface area contributed by atoms with Gasteiger partial charge in [-0.2, -0.15) is 15.1 Å². The summed E-state index contributed by atoms with van der Waals surface area (Å²) in [6, 6.07) is 0.430. The van der Waals surface area contributed by atoms with Crippen LogP contribution in [0, 0.1) is 0 Å². The first-order valence-corrected chi connectivity index (χ1v) is 8.30. The molecule has 0 aromatic carbocycles. The minimum atomic E-state index is -0.0851. The lowest BCUT2D eigenvalue weighted by molar-refractivity contribution is 0.338. The fraction of sp³-hybridized carbons (Fsp3) is 0.667. The van der Waals surface area contributed by atoms with Gasteiger partial charge in [0, 0.05) is 32.6 Å². The summed E-state index contributed by atoms with van der Waals surface area (Å²) in [5.74, 6) is 1.46. The lowest BCUT2D eigenvalue weighted by Crippen LogP contribution is -2.37. The van der Waals surface area contributed by atoms with Crippen LogP contribution in [0.3, 0.4) is 0 Å². The molecule has 1 fully saturated rings. The summed E-state index contributed by atoms with van der Waals surface area (Å²) in [4.78, 5) is 26.9. The lowest BCUT2D eigenvalue weighted by Gasteiger charge is -2.32. The summed E-state index contributed by atoms with van der Waals surface area (Å²) in [7, 11) is 4.69. The zero-order chi connectivity index (χ0) is 18.0. The van der Waals surface area contributed by atoms with E-state index in [2.05, 4.69) is 25.0 Å². The lowest BCUT2D eigenvalue weighted by atomic mass is 9.97. The number of anilines is 1. The number of aromatic nitrogens is 6. The van der Waals surface area contributed by atoms with Gasteiger partial charge in [0.05, 0.1) is 14.2 Å². The van der Waals surface area contributed by atoms with Gasteiger partial charge in [0.2, 0.25) is 5.95 Å². The van der Waals surface area contributed by atoms with Crippen LogP contribution in [0.25, 0.3) is 0 Å². The Morgan fingerprint density at radius 2 is 1.84 bits per heavy atom. The first-order chi connectivity index (χ1) is 12.1. The van der Waals surface area contributed by atoms with Gasteiger partial charge in [-0.1, -0.05) is 0 Å². The molecular weight excluding hydrogens is 326 g/mol. The number of hydrogen-bond donors (Lipinski definition) is 0. The average Bonchev–Trinajstić information content (AvgIpc) is 2.95. The third-order valence-corrected chi connectivity index (χ3v) is 4.37. The highest BCUT2D eigenvalue weighted by Gasteiger charge is 2.28. The molecule has 25 heavy (non-hydrogen) atoms. The Bertz CT molecular complexity index is 779. The highest BCUT2D eigenvalue weighted by molar-refractivity contribution is 5.34. The van der Waals surface area contributed by atoms with E-state index < -0.39 is 0 Å². The van der Waals surface area contributed by atoms with E-state index in [1.807, 2.05) is 6.92 Å². The first kappa shape index (κ1) is 17.2. The minimum Gasteiger partial charge on any atom is -0.467 e. The molecule has 0 saturated carbocycles. The standard InChI is InChI=1S/C15H23N7O3/c1-5-22-11(19-20(2)15(22)23)10-7-6-8-21(9-10)12-16-13(24-3)18-14(17-12)25-4/h10H,5-9H2,1-4H3/t10-/m0/s1. The van der Waals surface area contributed by atoms with E-state index in [1.54, 1.807) is 11.6 Å². The summed E-state index contributed by atoms with van der Waals surface area (Å²) in [6.45, 7) is 4.05. The molecule has 1 saturated heterocycles. The second-order valence-corrected chi connectivity index (χ2v) is 5.90. The Morgan fingerprint density at radius 3 is 2.44 bits per heavy atom. The highest BCUT2D eigenvalue weighted by Crippen LogP contribution is 2.28. The van der Waals surface area contributed by atoms with Crippen LogP contribution in [0.2, 0.25) is 0 Å². The third kappa shape index (κ3) is 3.28. The van der Waals surface area contributed by atoms with Gasteiger partial charge in [-0.15, -0.1) is 4.98 Å². The Labute approximate surface area is 145 Å². The maximum absolute atomic E-state index is 12.2. The maximum Gasteiger partial charge on any atom is 0.345 e. The number of ether oxygens (including phenoxy) is 2. The largest absolute Gasteiger partial charge is 0.467 e. The van der Waals surface area contributed by atoms with Crippen LogP contribution in [0.4, 0.5) is 5.95 Å². The van der Waals surface area contributed by atoms with E-state index in [1.165, 1.54) is 18.9 Å². The van der Waals surface area contributed by atoms with Gasteiger partial charge < -0.3 is 14.4 Å². The predicted octanol–water partition coefficient (Wildman–Crippen LogP) is 0.188. The molecule has 10 heteroatoms. The van der Waals surface area contributed by atoms with E-state index >= 15 is 0 Å². The van der Waals surface area contributed by atoms with Crippen molar-refractivity contribution in [2.24, 2.45) is 7.05 Å². The van der Waals surface area contributed by atoms with Crippen molar-refractivity contribution in [3.8, 4) is 12.0 Å². The van der Waals surface area contributed by atoms with Gasteiger partial charge in [0.15, 0.2) is 0 Å². The Kier molecular flexibility index (Phi) is 4.86. The van der Waals surface area contributed by atoms with Gasteiger partial charge in [0.1, 0.15) is 5.82 Å². The van der Waals surface area contributed by atoms with Crippen LogP contribution in [-0.4, -0.2) is 56.6 Å². The van der Waals surface area contributed by atoms with Gasteiger partial charge in [-0.05, 0) is 19.8 Å². The number of hydrogen-bond acceptors (Lipinski definition) is 8. The van der Waals surface area contributed by atoms with Crippen molar-refractivity contribution in [2.45, 2.75) is 32.2 Å². The quantitative estimate of drug-likeness (QED) is 0.754. The molecular formula is C15H23N7O3. The highest BCUT2D eigenvalue weighted by atomic mass is 16.5. The zero-order valence-electron chi connectivity index (χ0n) is 15.0. The van der Waals surface area contributed by atoms with Crippen LogP contribution in [-0.2, 0) is 13.6 Å². The Balaban J connectivity index is 1.89. The molecule has 0 amide bonds. The van der Waals surface area contributed by atoms with Crippen LogP contribution in [0.5, 0.6) is 12.0 Å². The van der Waals surface area contributed by atoms with Crippen molar-refractivity contribution in [3.63, 3.8) is 0 Å². The van der Waals surface area contributed by atoms with E-state index in [0.29, 0.717) is 19.0 Å². The summed E-state index contributed by atoms with van der Waals surface area (Å²) in [6.07, 6.45) is 1.92. The summed E-state index contributed by atoms with van der Waals surface area (Å²) in [5.41, 5.74) is -0.0851. The minimum absolute atomic E-state index is 0.0851. The summed E-state index contributed by atoms with van der Waals surface area (Å²) >= 11 is 0. The molecule has 10 nitrogen and oxygen atoms in total. The van der Waals surface area contributed by atoms with Gasteiger partial charge in [0.25, 0.3) is 0 Å². The van der Waals surface area contributed by atoms with Crippen molar-refractivity contribution in [1.29, 1.82) is 0 Å². The summed E-state index contributed by atoms with van der Waals surface area (Å²) < 4.78 is 13.4. The maximum atomic E-state index is 12.2. The molecule has 136 valence electrons. The van der Waals surface area contributed by atoms with Gasteiger partial charge in [-0.3, -0.25) is 4.57 Å². The normalized spacial score (nSPS) is 17.6. The Hall–Kier alpha value is -2.65. The van der Waals surface area contributed by atoms with Crippen LogP contribution in [0.1, 0.15) is 31.5 Å². The van der Waals surface area contributed by atoms with Crippen molar-refractivity contribution < 1.29 is 9.47 Å². The fourth-order valence-corrected chi connectivity index (χ4v) is 3.14. The molecule has 1 aliphatic rings. The number of aryl methyl sites for hydroxylation is 1. The van der Waals surface area contributed by atoms with Gasteiger partial charge >= 0.3 is 17.7 Å². The molecule has 2 aromatic rings. The first-order valence-electron chi connectivity index (χ1n) is 8.30. The zero-order valence-corrected chi connectivity index (χ0v) is 15.0. The van der Waals surface area contributed by atoms with Crippen LogP contribution >= 0.6 is 0 Å².